The molecule has 0 aliphatic heterocycles. The van der Waals surface area contributed by atoms with Crippen LogP contribution in [0.15, 0.2) is 60.7 Å². The Bertz CT molecular complexity index is 559. The normalized spacial score (nSPS) is 10.0. The van der Waals surface area contributed by atoms with Gasteiger partial charge in [-0.05, 0) is 21.5 Å². The van der Waals surface area contributed by atoms with Crippen LogP contribution in [0.4, 0.5) is 0 Å². The summed E-state index contributed by atoms with van der Waals surface area (Å²) in [7, 11) is 0. The number of fused-ring (bicyclic) bond motifs is 3. The Morgan fingerprint density at radius 3 is 1.47 bits per heavy atom. The maximum atomic E-state index is 3.15. The van der Waals surface area contributed by atoms with E-state index in [0.717, 1.165) is 5.33 Å². The van der Waals surface area contributed by atoms with Crippen molar-refractivity contribution in [2.75, 3.05) is 5.33 Å². The summed E-state index contributed by atoms with van der Waals surface area (Å²) in [5.41, 5.74) is 0. The van der Waals surface area contributed by atoms with Crippen LogP contribution >= 0.6 is 15.9 Å². The van der Waals surface area contributed by atoms with Crippen molar-refractivity contribution < 1.29 is 0 Å². The highest BCUT2D eigenvalue weighted by Gasteiger charge is 1.97. The quantitative estimate of drug-likeness (QED) is 0.384. The number of hydrogen-bond acceptors (Lipinski definition) is 0. The molecule has 0 nitrogen and oxygen atoms in total. The Labute approximate surface area is 110 Å². The Morgan fingerprint density at radius 1 is 0.706 bits per heavy atom. The smallest absolute Gasteiger partial charge is 0.000281 e. The molecule has 0 N–H and O–H groups in total. The molecule has 0 saturated heterocycles. The van der Waals surface area contributed by atoms with Crippen molar-refractivity contribution in [3.63, 3.8) is 0 Å². The van der Waals surface area contributed by atoms with Crippen LogP contribution in [-0.2, 0) is 0 Å². The molecular formula is C16H15Br. The number of alkyl halides is 1. The first-order chi connectivity index (χ1) is 8.36. The van der Waals surface area contributed by atoms with E-state index in [1.165, 1.54) is 21.5 Å². The van der Waals surface area contributed by atoms with Crippen molar-refractivity contribution in [2.24, 2.45) is 0 Å². The van der Waals surface area contributed by atoms with Gasteiger partial charge in [0.2, 0.25) is 0 Å². The van der Waals surface area contributed by atoms with Gasteiger partial charge in [0.15, 0.2) is 0 Å². The summed E-state index contributed by atoms with van der Waals surface area (Å²) >= 11 is 3.15. The SMILES string of the molecule is CCBr.c1ccc2c(c1)ccc1ccccc12. The van der Waals surface area contributed by atoms with E-state index in [-0.39, 0.29) is 0 Å². The first-order valence-electron chi connectivity index (χ1n) is 5.79. The van der Waals surface area contributed by atoms with Gasteiger partial charge in [-0.2, -0.15) is 0 Å². The molecular weight excluding hydrogens is 272 g/mol. The predicted octanol–water partition coefficient (Wildman–Crippen LogP) is 5.39. The maximum absolute atomic E-state index is 3.15. The summed E-state index contributed by atoms with van der Waals surface area (Å²) in [6.45, 7) is 2.04. The van der Waals surface area contributed by atoms with Gasteiger partial charge in [-0.25, -0.2) is 0 Å². The van der Waals surface area contributed by atoms with E-state index in [1.807, 2.05) is 6.92 Å². The number of halogens is 1. The van der Waals surface area contributed by atoms with Crippen LogP contribution in [0.3, 0.4) is 0 Å². The molecule has 3 aromatic rings. The van der Waals surface area contributed by atoms with E-state index in [9.17, 15) is 0 Å². The average molecular weight is 287 g/mol. The second kappa shape index (κ2) is 5.83. The lowest BCUT2D eigenvalue weighted by molar-refractivity contribution is 1.56. The minimum absolute atomic E-state index is 1.06. The van der Waals surface area contributed by atoms with Gasteiger partial charge in [0.25, 0.3) is 0 Å². The van der Waals surface area contributed by atoms with Crippen LogP contribution in [0, 0.1) is 0 Å². The van der Waals surface area contributed by atoms with Gasteiger partial charge >= 0.3 is 0 Å². The van der Waals surface area contributed by atoms with E-state index < -0.39 is 0 Å². The lowest BCUT2D eigenvalue weighted by atomic mass is 10.0. The number of hydrogen-bond donors (Lipinski definition) is 0. The van der Waals surface area contributed by atoms with Gasteiger partial charge in [-0.1, -0.05) is 83.5 Å². The van der Waals surface area contributed by atoms with Crippen molar-refractivity contribution in [2.45, 2.75) is 6.92 Å². The molecule has 0 bridgehead atoms. The van der Waals surface area contributed by atoms with Crippen LogP contribution in [0.25, 0.3) is 21.5 Å². The summed E-state index contributed by atoms with van der Waals surface area (Å²) in [4.78, 5) is 0. The fraction of sp³-hybridized carbons (Fsp3) is 0.125. The van der Waals surface area contributed by atoms with E-state index in [0.29, 0.717) is 0 Å². The highest BCUT2D eigenvalue weighted by atomic mass is 79.9. The van der Waals surface area contributed by atoms with Gasteiger partial charge in [0.05, 0.1) is 0 Å². The minimum atomic E-state index is 1.06. The Balaban J connectivity index is 0.000000329. The molecule has 0 unspecified atom stereocenters. The highest BCUT2D eigenvalue weighted by Crippen LogP contribution is 2.24. The standard InChI is InChI=1S/C14H10.C2H5Br/c1-3-7-13-11(5-1)9-10-12-6-2-4-8-14(12)13;1-2-3/h1-10H;2H2,1H3. The molecule has 3 rings (SSSR count). The fourth-order valence-electron chi connectivity index (χ4n) is 1.95. The molecule has 0 spiro atoms. The van der Waals surface area contributed by atoms with E-state index in [1.54, 1.807) is 0 Å². The molecule has 0 amide bonds. The van der Waals surface area contributed by atoms with Crippen LogP contribution in [-0.4, -0.2) is 5.33 Å². The first kappa shape index (κ1) is 12.1. The zero-order valence-corrected chi connectivity index (χ0v) is 11.4. The van der Waals surface area contributed by atoms with Crippen LogP contribution in [0.5, 0.6) is 0 Å². The molecule has 0 atom stereocenters. The topological polar surface area (TPSA) is 0 Å². The second-order valence-electron chi connectivity index (χ2n) is 3.78. The largest absolute Gasteiger partial charge is 0.0931 e. The average Bonchev–Trinajstić information content (AvgIpc) is 2.40. The van der Waals surface area contributed by atoms with E-state index >= 15 is 0 Å². The molecule has 86 valence electrons. The van der Waals surface area contributed by atoms with Crippen LogP contribution < -0.4 is 0 Å². The van der Waals surface area contributed by atoms with Crippen LogP contribution in [0.1, 0.15) is 6.92 Å². The van der Waals surface area contributed by atoms with Crippen molar-refractivity contribution in [3.8, 4) is 0 Å². The van der Waals surface area contributed by atoms with Crippen molar-refractivity contribution in [1.29, 1.82) is 0 Å². The Kier molecular flexibility index (Phi) is 4.16. The van der Waals surface area contributed by atoms with Crippen molar-refractivity contribution in [1.82, 2.24) is 0 Å². The second-order valence-corrected chi connectivity index (χ2v) is 4.90. The summed E-state index contributed by atoms with van der Waals surface area (Å²) in [6, 6.07) is 21.4. The lowest BCUT2D eigenvalue weighted by Crippen LogP contribution is -1.75. The molecule has 0 saturated carbocycles. The molecule has 0 radical (unpaired) electrons. The number of rotatable bonds is 0. The van der Waals surface area contributed by atoms with E-state index in [2.05, 4.69) is 76.6 Å². The molecule has 0 heterocycles. The molecule has 0 aromatic heterocycles. The van der Waals surface area contributed by atoms with Gasteiger partial charge in [-0.15, -0.1) is 0 Å². The highest BCUT2D eigenvalue weighted by molar-refractivity contribution is 9.09. The molecule has 0 fully saturated rings. The summed E-state index contributed by atoms with van der Waals surface area (Å²) < 4.78 is 0. The van der Waals surface area contributed by atoms with E-state index in [4.69, 9.17) is 0 Å². The third-order valence-electron chi connectivity index (χ3n) is 2.65. The Morgan fingerprint density at radius 2 is 1.06 bits per heavy atom. The zero-order valence-electron chi connectivity index (χ0n) is 9.86. The lowest BCUT2D eigenvalue weighted by Gasteiger charge is -2.02. The first-order valence-corrected chi connectivity index (χ1v) is 6.91. The van der Waals surface area contributed by atoms with Gasteiger partial charge < -0.3 is 0 Å². The van der Waals surface area contributed by atoms with Gasteiger partial charge in [-0.3, -0.25) is 0 Å². The molecule has 3 aromatic carbocycles. The summed E-state index contributed by atoms with van der Waals surface area (Å²) in [5, 5.41) is 6.36. The predicted molar refractivity (Wildman–Crippen MR) is 80.9 cm³/mol. The summed E-state index contributed by atoms with van der Waals surface area (Å²) in [5.74, 6) is 0. The number of benzene rings is 3. The van der Waals surface area contributed by atoms with Crippen molar-refractivity contribution in [3.05, 3.63) is 60.7 Å². The molecule has 1 heteroatoms. The third kappa shape index (κ3) is 2.67. The molecule has 0 aliphatic rings. The zero-order chi connectivity index (χ0) is 12.1. The van der Waals surface area contributed by atoms with Gasteiger partial charge in [0.1, 0.15) is 0 Å². The minimum Gasteiger partial charge on any atom is -0.0931 e. The Hall–Kier alpha value is -1.34. The maximum Gasteiger partial charge on any atom is 0.000281 e. The fourth-order valence-corrected chi connectivity index (χ4v) is 1.95. The van der Waals surface area contributed by atoms with Crippen LogP contribution in [0.2, 0.25) is 0 Å². The third-order valence-corrected chi connectivity index (χ3v) is 2.65. The van der Waals surface area contributed by atoms with Gasteiger partial charge in [0, 0.05) is 5.33 Å². The van der Waals surface area contributed by atoms with Crippen molar-refractivity contribution >= 4 is 37.5 Å². The monoisotopic (exact) mass is 286 g/mol. The molecule has 0 aliphatic carbocycles. The molecule has 17 heavy (non-hydrogen) atoms. The summed E-state index contributed by atoms with van der Waals surface area (Å²) in [6.07, 6.45) is 0.